The van der Waals surface area contributed by atoms with Gasteiger partial charge in [-0.3, -0.25) is 4.79 Å². The van der Waals surface area contributed by atoms with E-state index < -0.39 is 5.60 Å². The Hall–Kier alpha value is -5.21. The highest BCUT2D eigenvalue weighted by Gasteiger charge is 2.62. The molecular weight excluding hydrogens is 524 g/mol. The lowest BCUT2D eigenvalue weighted by Gasteiger charge is -2.48. The van der Waals surface area contributed by atoms with Crippen molar-refractivity contribution in [2.24, 2.45) is 0 Å². The Kier molecular flexibility index (Phi) is 5.19. The molecule has 0 aromatic heterocycles. The molecule has 0 unspecified atom stereocenters. The van der Waals surface area contributed by atoms with Gasteiger partial charge in [-0.2, -0.15) is 0 Å². The minimum absolute atomic E-state index is 0.210. The first-order valence-corrected chi connectivity index (χ1v) is 15.0. The number of fused-ring (bicyclic) bond motifs is 9. The largest absolute Gasteiger partial charge is 0.458 e. The smallest absolute Gasteiger partial charge is 0.293 e. The van der Waals surface area contributed by atoms with Crippen molar-refractivity contribution in [1.82, 2.24) is 0 Å². The van der Waals surface area contributed by atoms with Gasteiger partial charge >= 0.3 is 0 Å². The average molecular weight is 553 g/mol. The number of benzene rings is 6. The molecule has 0 spiro atoms. The first-order valence-electron chi connectivity index (χ1n) is 15.0. The van der Waals surface area contributed by atoms with Gasteiger partial charge in [-0.05, 0) is 66.8 Å². The van der Waals surface area contributed by atoms with E-state index in [4.69, 9.17) is 4.74 Å². The van der Waals surface area contributed by atoms with Crippen LogP contribution in [-0.2, 0) is 9.53 Å². The first-order chi connectivity index (χ1) is 21.3. The van der Waals surface area contributed by atoms with Crippen molar-refractivity contribution >= 4 is 6.47 Å². The number of hydrogen-bond donors (Lipinski definition) is 0. The van der Waals surface area contributed by atoms with Gasteiger partial charge < -0.3 is 4.74 Å². The van der Waals surface area contributed by atoms with Crippen LogP contribution in [0, 0.1) is 0 Å². The van der Waals surface area contributed by atoms with Crippen LogP contribution in [0.25, 0.3) is 33.4 Å². The highest BCUT2D eigenvalue weighted by molar-refractivity contribution is 5.86. The molecular formula is C41H28O2. The molecule has 43 heavy (non-hydrogen) atoms. The number of rotatable bonds is 5. The minimum Gasteiger partial charge on any atom is -0.458 e. The normalized spacial score (nSPS) is 14.8. The summed E-state index contributed by atoms with van der Waals surface area (Å²) in [5, 5.41) is 0. The third-order valence-corrected chi connectivity index (χ3v) is 10.1. The molecule has 0 amide bonds. The molecule has 2 heteroatoms. The Morgan fingerprint density at radius 3 is 0.791 bits per heavy atom. The lowest BCUT2D eigenvalue weighted by atomic mass is 9.60. The molecule has 0 saturated carbocycles. The number of carbonyl (C=O) groups is 1. The second-order valence-corrected chi connectivity index (χ2v) is 11.9. The van der Waals surface area contributed by atoms with E-state index >= 15 is 0 Å². The number of ether oxygens (including phenoxy) is 1. The van der Waals surface area contributed by atoms with Gasteiger partial charge in [0.05, 0.1) is 17.8 Å². The summed E-state index contributed by atoms with van der Waals surface area (Å²) in [4.78, 5) is 13.1. The average Bonchev–Trinajstić information content (AvgIpc) is 3.71. The van der Waals surface area contributed by atoms with Crippen LogP contribution in [-0.4, -0.2) is 12.1 Å². The van der Waals surface area contributed by atoms with Crippen molar-refractivity contribution in [2.45, 2.75) is 23.4 Å². The van der Waals surface area contributed by atoms with Crippen LogP contribution in [0.2, 0.25) is 0 Å². The summed E-state index contributed by atoms with van der Waals surface area (Å²) < 4.78 is 6.94. The predicted molar refractivity (Wildman–Crippen MR) is 171 cm³/mol. The highest BCUT2D eigenvalue weighted by atomic mass is 16.5. The van der Waals surface area contributed by atoms with Gasteiger partial charge in [-0.1, -0.05) is 146 Å². The van der Waals surface area contributed by atoms with Crippen LogP contribution in [0.15, 0.2) is 146 Å². The molecule has 3 aliphatic rings. The van der Waals surface area contributed by atoms with Gasteiger partial charge in [0.2, 0.25) is 0 Å². The molecule has 0 N–H and O–H groups in total. The summed E-state index contributed by atoms with van der Waals surface area (Å²) in [7, 11) is 0. The summed E-state index contributed by atoms with van der Waals surface area (Å²) in [5.74, 6) is -0.629. The van der Waals surface area contributed by atoms with E-state index in [1.165, 1.54) is 66.8 Å². The SMILES string of the molecule is O=COC(C1c2ccccc2-c2ccccc21)(C1c2ccccc2-c2ccccc21)C1c2ccccc2-c2ccccc21. The number of hydrogen-bond acceptors (Lipinski definition) is 2. The summed E-state index contributed by atoms with van der Waals surface area (Å²) in [6.07, 6.45) is 0. The van der Waals surface area contributed by atoms with Crippen molar-refractivity contribution in [3.8, 4) is 33.4 Å². The molecule has 0 radical (unpaired) electrons. The lowest BCUT2D eigenvalue weighted by molar-refractivity contribution is -0.148. The quantitative estimate of drug-likeness (QED) is 0.199. The fourth-order valence-corrected chi connectivity index (χ4v) is 8.71. The van der Waals surface area contributed by atoms with Crippen molar-refractivity contribution in [3.05, 3.63) is 179 Å². The zero-order valence-corrected chi connectivity index (χ0v) is 23.5. The van der Waals surface area contributed by atoms with Gasteiger partial charge in [0.15, 0.2) is 0 Å². The molecule has 3 aliphatic carbocycles. The first kappa shape index (κ1) is 24.4. The van der Waals surface area contributed by atoms with Crippen LogP contribution < -0.4 is 0 Å². The highest BCUT2D eigenvalue weighted by Crippen LogP contribution is 2.67. The summed E-state index contributed by atoms with van der Waals surface area (Å²) in [6, 6.07) is 52.1. The van der Waals surface area contributed by atoms with Gasteiger partial charge in [-0.25, -0.2) is 0 Å². The Balaban J connectivity index is 1.46. The Morgan fingerprint density at radius 1 is 0.372 bits per heavy atom. The maximum atomic E-state index is 13.1. The van der Waals surface area contributed by atoms with Crippen LogP contribution in [0.4, 0.5) is 0 Å². The molecule has 204 valence electrons. The standard InChI is InChI=1S/C41H28O2/c42-25-43-41(38-32-19-7-1-13-26(32)27-14-2-8-20-33(27)38,39-34-21-9-3-15-28(34)29-16-4-10-22-35(29)39)40-36-23-11-5-17-30(36)31-18-6-12-24-37(31)40/h1-25,38-40H. The van der Waals surface area contributed by atoms with Crippen LogP contribution in [0.3, 0.4) is 0 Å². The second-order valence-electron chi connectivity index (χ2n) is 11.9. The molecule has 0 saturated heterocycles. The monoisotopic (exact) mass is 552 g/mol. The molecule has 6 aromatic carbocycles. The zero-order valence-electron chi connectivity index (χ0n) is 23.5. The fraction of sp³-hybridized carbons (Fsp3) is 0.0976. The van der Waals surface area contributed by atoms with Gasteiger partial charge in [0.25, 0.3) is 6.47 Å². The van der Waals surface area contributed by atoms with E-state index in [1.807, 2.05) is 0 Å². The molecule has 6 aromatic rings. The summed E-state index contributed by atoms with van der Waals surface area (Å²) in [6.45, 7) is 0.719. The van der Waals surface area contributed by atoms with Crippen LogP contribution >= 0.6 is 0 Å². The number of carbonyl (C=O) groups excluding carboxylic acids is 1. The van der Waals surface area contributed by atoms with E-state index in [2.05, 4.69) is 146 Å². The Labute approximate surface area is 251 Å². The topological polar surface area (TPSA) is 26.3 Å². The van der Waals surface area contributed by atoms with Gasteiger partial charge in [-0.15, -0.1) is 0 Å². The van der Waals surface area contributed by atoms with E-state index in [9.17, 15) is 4.79 Å². The zero-order chi connectivity index (χ0) is 28.5. The van der Waals surface area contributed by atoms with E-state index in [0.29, 0.717) is 0 Å². The second kappa shape index (κ2) is 9.14. The molecule has 0 fully saturated rings. The molecule has 2 nitrogen and oxygen atoms in total. The molecule has 0 bridgehead atoms. The summed E-state index contributed by atoms with van der Waals surface area (Å²) in [5.41, 5.74) is 13.5. The van der Waals surface area contributed by atoms with Crippen molar-refractivity contribution in [3.63, 3.8) is 0 Å². The van der Waals surface area contributed by atoms with E-state index in [0.717, 1.165) is 6.47 Å². The molecule has 0 atom stereocenters. The molecule has 0 heterocycles. The van der Waals surface area contributed by atoms with Crippen molar-refractivity contribution in [1.29, 1.82) is 0 Å². The van der Waals surface area contributed by atoms with Crippen LogP contribution in [0.1, 0.15) is 51.1 Å². The molecule has 9 rings (SSSR count). The maximum Gasteiger partial charge on any atom is 0.293 e. The van der Waals surface area contributed by atoms with Crippen molar-refractivity contribution in [2.75, 3.05) is 0 Å². The van der Waals surface area contributed by atoms with Gasteiger partial charge in [0, 0.05) is 0 Å². The Morgan fingerprint density at radius 2 is 0.581 bits per heavy atom. The Bertz CT molecular complexity index is 1710. The predicted octanol–water partition coefficient (Wildman–Crippen LogP) is 9.34. The fourth-order valence-electron chi connectivity index (χ4n) is 8.71. The van der Waals surface area contributed by atoms with Gasteiger partial charge in [0.1, 0.15) is 5.60 Å². The third kappa shape index (κ3) is 3.16. The van der Waals surface area contributed by atoms with Crippen molar-refractivity contribution < 1.29 is 9.53 Å². The molecule has 0 aliphatic heterocycles. The maximum absolute atomic E-state index is 13.1. The van der Waals surface area contributed by atoms with E-state index in [-0.39, 0.29) is 17.8 Å². The van der Waals surface area contributed by atoms with E-state index in [1.54, 1.807) is 0 Å². The lowest BCUT2D eigenvalue weighted by Crippen LogP contribution is -2.50. The third-order valence-electron chi connectivity index (χ3n) is 10.1. The minimum atomic E-state index is -1.02. The summed E-state index contributed by atoms with van der Waals surface area (Å²) >= 11 is 0. The van der Waals surface area contributed by atoms with Crippen LogP contribution in [0.5, 0.6) is 0 Å².